The molecule has 1 aromatic heterocycles. The van der Waals surface area contributed by atoms with Crippen LogP contribution in [-0.4, -0.2) is 29.2 Å². The molecule has 6 rings (SSSR count). The summed E-state index contributed by atoms with van der Waals surface area (Å²) in [6, 6.07) is 17.4. The Morgan fingerprint density at radius 3 is 2.08 bits per heavy atom. The first kappa shape index (κ1) is 32.0. The molecular formula is C29H37N3O5S. The lowest BCUT2D eigenvalue weighted by Gasteiger charge is -2.17. The van der Waals surface area contributed by atoms with Gasteiger partial charge in [-0.2, -0.15) is 0 Å². The van der Waals surface area contributed by atoms with Gasteiger partial charge in [0.15, 0.2) is 12.2 Å². The van der Waals surface area contributed by atoms with Gasteiger partial charge in [-0.25, -0.2) is 4.79 Å². The van der Waals surface area contributed by atoms with Crippen molar-refractivity contribution >= 4 is 46.1 Å². The van der Waals surface area contributed by atoms with Crippen molar-refractivity contribution in [3.05, 3.63) is 81.8 Å². The number of oxazole rings is 1. The average molecular weight is 540 g/mol. The van der Waals surface area contributed by atoms with Crippen molar-refractivity contribution in [3.63, 3.8) is 0 Å². The third-order valence-corrected chi connectivity index (χ3v) is 6.18. The number of nitrogens with one attached hydrogen (secondary N) is 3. The normalized spacial score (nSPS) is 12.5. The van der Waals surface area contributed by atoms with Crippen molar-refractivity contribution in [2.45, 2.75) is 47.9 Å². The van der Waals surface area contributed by atoms with Crippen LogP contribution in [0.1, 0.15) is 39.0 Å². The molecule has 0 spiro atoms. The van der Waals surface area contributed by atoms with Crippen LogP contribution in [0.3, 0.4) is 0 Å². The molecule has 0 saturated heterocycles. The number of hydrogen-bond donors (Lipinski definition) is 3. The van der Waals surface area contributed by atoms with Crippen LogP contribution < -0.4 is 21.1 Å². The molecule has 0 saturated carbocycles. The van der Waals surface area contributed by atoms with Gasteiger partial charge in [-0.15, -0.1) is 11.8 Å². The maximum Gasteiger partial charge on any atom is 0.417 e. The molecule has 3 aromatic carbocycles. The van der Waals surface area contributed by atoms with Crippen molar-refractivity contribution in [2.75, 3.05) is 23.0 Å². The Morgan fingerprint density at radius 1 is 0.737 bits per heavy atom. The summed E-state index contributed by atoms with van der Waals surface area (Å²) in [5, 5.41) is 5.58. The van der Waals surface area contributed by atoms with Gasteiger partial charge in [0.05, 0.1) is 22.6 Å². The van der Waals surface area contributed by atoms with Crippen LogP contribution in [0.5, 0.6) is 5.75 Å². The van der Waals surface area contributed by atoms with Crippen LogP contribution in [0, 0.1) is 20.8 Å². The number of aryl methyl sites for hydroxylation is 3. The first-order valence-electron chi connectivity index (χ1n) is 10.9. The SMILES string of the molecule is C.C.C.Cc1ccc2c(c1)NC(=O)CO2.Cc1ccc2c(c1)NC(=O)CS2.Cc1ccc2oc(=O)[nH]c2c1. The molecule has 8 nitrogen and oxygen atoms in total. The van der Waals surface area contributed by atoms with E-state index in [1.54, 1.807) is 17.8 Å². The summed E-state index contributed by atoms with van der Waals surface area (Å²) in [7, 11) is 0. The number of anilines is 2. The quantitative estimate of drug-likeness (QED) is 0.229. The van der Waals surface area contributed by atoms with E-state index in [0.29, 0.717) is 11.3 Å². The maximum absolute atomic E-state index is 11.0. The van der Waals surface area contributed by atoms with Crippen LogP contribution in [0.25, 0.3) is 11.1 Å². The maximum atomic E-state index is 11.0. The zero-order valence-electron chi connectivity index (χ0n) is 19.6. The fourth-order valence-electron chi connectivity index (χ4n) is 3.46. The summed E-state index contributed by atoms with van der Waals surface area (Å²) in [6.07, 6.45) is 0. The number of H-pyrrole nitrogens is 1. The number of carbonyl (C=O) groups excluding carboxylic acids is 2. The van der Waals surface area contributed by atoms with Crippen LogP contribution in [0.4, 0.5) is 11.4 Å². The Hall–Kier alpha value is -3.98. The minimum atomic E-state index is -0.398. The topological polar surface area (TPSA) is 113 Å². The van der Waals surface area contributed by atoms with Gasteiger partial charge in [0, 0.05) is 4.90 Å². The predicted molar refractivity (Wildman–Crippen MR) is 158 cm³/mol. The molecule has 4 aromatic rings. The van der Waals surface area contributed by atoms with Crippen LogP contribution >= 0.6 is 11.8 Å². The third kappa shape index (κ3) is 8.27. The molecule has 0 aliphatic carbocycles. The molecule has 2 aliphatic rings. The van der Waals surface area contributed by atoms with Gasteiger partial charge in [0.2, 0.25) is 5.91 Å². The fourth-order valence-corrected chi connectivity index (χ4v) is 4.25. The number of aromatic amines is 1. The van der Waals surface area contributed by atoms with Gasteiger partial charge in [0.25, 0.3) is 5.91 Å². The van der Waals surface area contributed by atoms with E-state index < -0.39 is 5.76 Å². The van der Waals surface area contributed by atoms with E-state index in [4.69, 9.17) is 9.15 Å². The molecule has 0 atom stereocenters. The van der Waals surface area contributed by atoms with E-state index in [-0.39, 0.29) is 40.7 Å². The lowest BCUT2D eigenvalue weighted by molar-refractivity contribution is -0.118. The smallest absolute Gasteiger partial charge is 0.417 e. The highest BCUT2D eigenvalue weighted by atomic mass is 32.2. The number of rotatable bonds is 0. The molecule has 2 amide bonds. The molecule has 2 aliphatic heterocycles. The summed E-state index contributed by atoms with van der Waals surface area (Å²) in [5.41, 5.74) is 6.49. The standard InChI is InChI=1S/C9H9NO2.C9H9NOS.C8H7NO2.3CH4/c2*1-6-2-3-8-7(4-6)10-9(11)5-12-8;1-5-2-3-7-6(4-5)9-8(10)11-7;;;/h2*2-4H,5H2,1H3,(H,10,11);2-4H,1H3,(H,9,10);3*1H4. The number of hydrogen-bond acceptors (Lipinski definition) is 6. The van der Waals surface area contributed by atoms with E-state index >= 15 is 0 Å². The second-order valence-corrected chi connectivity index (χ2v) is 9.20. The highest BCUT2D eigenvalue weighted by Gasteiger charge is 2.15. The van der Waals surface area contributed by atoms with Crippen LogP contribution in [0.2, 0.25) is 0 Å². The lowest BCUT2D eigenvalue weighted by atomic mass is 10.2. The number of benzene rings is 3. The Bertz CT molecular complexity index is 1390. The van der Waals surface area contributed by atoms with Crippen molar-refractivity contribution in [1.82, 2.24) is 4.98 Å². The van der Waals surface area contributed by atoms with Gasteiger partial charge < -0.3 is 19.8 Å². The number of fused-ring (bicyclic) bond motifs is 3. The Morgan fingerprint density at radius 2 is 1.34 bits per heavy atom. The van der Waals surface area contributed by atoms with E-state index in [1.165, 1.54) is 10.5 Å². The summed E-state index contributed by atoms with van der Waals surface area (Å²) in [4.78, 5) is 36.3. The van der Waals surface area contributed by atoms with E-state index in [9.17, 15) is 14.4 Å². The van der Waals surface area contributed by atoms with Crippen molar-refractivity contribution in [1.29, 1.82) is 0 Å². The monoisotopic (exact) mass is 539 g/mol. The van der Waals surface area contributed by atoms with Gasteiger partial charge in [-0.1, -0.05) is 40.5 Å². The third-order valence-electron chi connectivity index (χ3n) is 5.11. The summed E-state index contributed by atoms with van der Waals surface area (Å²) in [6.45, 7) is 6.08. The van der Waals surface area contributed by atoms with Crippen LogP contribution in [-0.2, 0) is 9.59 Å². The Labute approximate surface area is 228 Å². The van der Waals surface area contributed by atoms with E-state index in [2.05, 4.69) is 27.8 Å². The van der Waals surface area contributed by atoms with E-state index in [1.807, 2.05) is 57.2 Å². The summed E-state index contributed by atoms with van der Waals surface area (Å²) in [5.74, 6) is 0.896. The molecule has 9 heteroatoms. The van der Waals surface area contributed by atoms with Crippen molar-refractivity contribution in [3.8, 4) is 5.75 Å². The molecule has 0 radical (unpaired) electrons. The number of ether oxygens (including phenoxy) is 1. The number of thioether (sulfide) groups is 1. The molecule has 204 valence electrons. The Kier molecular flexibility index (Phi) is 11.9. The average Bonchev–Trinajstić information content (AvgIpc) is 3.18. The summed E-state index contributed by atoms with van der Waals surface area (Å²) >= 11 is 1.59. The van der Waals surface area contributed by atoms with E-state index in [0.717, 1.165) is 33.8 Å². The zero-order chi connectivity index (χ0) is 24.9. The first-order valence-corrected chi connectivity index (χ1v) is 11.9. The van der Waals surface area contributed by atoms with Gasteiger partial charge >= 0.3 is 5.76 Å². The van der Waals surface area contributed by atoms with Crippen LogP contribution in [0.15, 0.2) is 68.7 Å². The number of amides is 2. The van der Waals surface area contributed by atoms with Crippen molar-refractivity contribution in [2.24, 2.45) is 0 Å². The zero-order valence-corrected chi connectivity index (χ0v) is 20.4. The predicted octanol–water partition coefficient (Wildman–Crippen LogP) is 6.70. The molecule has 0 bridgehead atoms. The molecule has 3 N–H and O–H groups in total. The lowest BCUT2D eigenvalue weighted by Crippen LogP contribution is -2.25. The van der Waals surface area contributed by atoms with Gasteiger partial charge in [0.1, 0.15) is 5.75 Å². The molecular weight excluding hydrogens is 502 g/mol. The highest BCUT2D eigenvalue weighted by Crippen LogP contribution is 2.31. The Balaban J connectivity index is 0.000000274. The molecule has 0 unspecified atom stereocenters. The van der Waals surface area contributed by atoms with Gasteiger partial charge in [-0.3, -0.25) is 14.6 Å². The first-order chi connectivity index (χ1) is 16.8. The highest BCUT2D eigenvalue weighted by molar-refractivity contribution is 8.00. The van der Waals surface area contributed by atoms with Crippen molar-refractivity contribution < 1.29 is 18.7 Å². The largest absolute Gasteiger partial charge is 0.482 e. The fraction of sp³-hybridized carbons (Fsp3) is 0.276. The number of aromatic nitrogens is 1. The summed E-state index contributed by atoms with van der Waals surface area (Å²) < 4.78 is 9.99. The minimum Gasteiger partial charge on any atom is -0.482 e. The second-order valence-electron chi connectivity index (χ2n) is 8.19. The number of carbonyl (C=O) groups is 2. The minimum absolute atomic E-state index is 0. The molecule has 0 fully saturated rings. The molecule has 38 heavy (non-hydrogen) atoms. The molecule has 3 heterocycles. The second kappa shape index (κ2) is 14.1. The van der Waals surface area contributed by atoms with Gasteiger partial charge in [-0.05, 0) is 73.9 Å².